The van der Waals surface area contributed by atoms with Crippen molar-refractivity contribution in [2.45, 2.75) is 19.4 Å². The Labute approximate surface area is 153 Å². The van der Waals surface area contributed by atoms with Crippen molar-refractivity contribution in [3.8, 4) is 0 Å². The molecule has 1 atom stereocenters. The monoisotopic (exact) mass is 358 g/mol. The number of aromatic nitrogens is 3. The average molecular weight is 358 g/mol. The van der Waals surface area contributed by atoms with Crippen LogP contribution in [0, 0.1) is 5.92 Å². The molecule has 1 aliphatic rings. The first kappa shape index (κ1) is 18.3. The van der Waals surface area contributed by atoms with E-state index in [1.165, 1.54) is 0 Å². The van der Waals surface area contributed by atoms with Crippen molar-refractivity contribution in [3.63, 3.8) is 0 Å². The fourth-order valence-corrected chi connectivity index (χ4v) is 3.18. The van der Waals surface area contributed by atoms with Crippen LogP contribution in [0.15, 0.2) is 24.3 Å². The lowest BCUT2D eigenvalue weighted by Gasteiger charge is -2.32. The lowest BCUT2D eigenvalue weighted by Crippen LogP contribution is -2.47. The van der Waals surface area contributed by atoms with Crippen LogP contribution in [0.1, 0.15) is 12.8 Å². The number of amides is 2. The standard InChI is InChI=1S/C18H26N6O2/c1-22(2)11-12-23-13-14(7-8-17(23)25)18(26)19-9-10-24-16-6-4-3-5-15(16)20-21-24/h3-6,14H,7-13H2,1-2H3,(H,19,26). The minimum Gasteiger partial charge on any atom is -0.354 e. The maximum atomic E-state index is 12.5. The van der Waals surface area contributed by atoms with Crippen molar-refractivity contribution in [2.24, 2.45) is 5.92 Å². The molecule has 0 spiro atoms. The first-order valence-electron chi connectivity index (χ1n) is 9.03. The number of likely N-dealkylation sites (N-methyl/N-ethyl adjacent to an activating group) is 1. The maximum Gasteiger partial charge on any atom is 0.224 e. The molecule has 1 fully saturated rings. The van der Waals surface area contributed by atoms with Gasteiger partial charge in [0, 0.05) is 32.6 Å². The van der Waals surface area contributed by atoms with Crippen LogP contribution in [-0.4, -0.2) is 76.9 Å². The average Bonchev–Trinajstić information content (AvgIpc) is 3.04. The molecule has 8 nitrogen and oxygen atoms in total. The van der Waals surface area contributed by atoms with Gasteiger partial charge in [-0.15, -0.1) is 5.10 Å². The normalized spacial score (nSPS) is 17.9. The predicted octanol–water partition coefficient (Wildman–Crippen LogP) is 0.348. The number of carbonyl (C=O) groups is 2. The Morgan fingerprint density at radius 3 is 2.92 bits per heavy atom. The molecule has 140 valence electrons. The van der Waals surface area contributed by atoms with Crippen LogP contribution in [0.2, 0.25) is 0 Å². The zero-order chi connectivity index (χ0) is 18.5. The highest BCUT2D eigenvalue weighted by molar-refractivity contribution is 5.83. The van der Waals surface area contributed by atoms with E-state index < -0.39 is 0 Å². The molecule has 0 bridgehead atoms. The van der Waals surface area contributed by atoms with E-state index in [9.17, 15) is 9.59 Å². The molecule has 2 heterocycles. The Morgan fingerprint density at radius 2 is 2.12 bits per heavy atom. The van der Waals surface area contributed by atoms with E-state index in [1.807, 2.05) is 43.3 Å². The smallest absolute Gasteiger partial charge is 0.224 e. The number of hydrogen-bond donors (Lipinski definition) is 1. The van der Waals surface area contributed by atoms with E-state index in [-0.39, 0.29) is 17.7 Å². The Balaban J connectivity index is 1.49. The molecule has 8 heteroatoms. The molecule has 1 aliphatic heterocycles. The van der Waals surface area contributed by atoms with Gasteiger partial charge in [-0.05, 0) is 32.6 Å². The molecule has 1 aromatic heterocycles. The van der Waals surface area contributed by atoms with E-state index in [0.29, 0.717) is 39.0 Å². The second-order valence-electron chi connectivity index (χ2n) is 6.97. The quantitative estimate of drug-likeness (QED) is 0.772. The molecular weight excluding hydrogens is 332 g/mol. The Bertz CT molecular complexity index is 772. The van der Waals surface area contributed by atoms with Crippen molar-refractivity contribution in [3.05, 3.63) is 24.3 Å². The molecule has 1 saturated heterocycles. The SMILES string of the molecule is CN(C)CCN1CC(C(=O)NCCn2nnc3ccccc32)CCC1=O. The van der Waals surface area contributed by atoms with Crippen molar-refractivity contribution < 1.29 is 9.59 Å². The third-order valence-corrected chi connectivity index (χ3v) is 4.73. The van der Waals surface area contributed by atoms with E-state index in [0.717, 1.165) is 17.6 Å². The number of para-hydroxylation sites is 1. The fourth-order valence-electron chi connectivity index (χ4n) is 3.18. The molecule has 2 aromatic rings. The van der Waals surface area contributed by atoms with Crippen LogP contribution in [0.25, 0.3) is 11.0 Å². The van der Waals surface area contributed by atoms with E-state index in [2.05, 4.69) is 15.6 Å². The summed E-state index contributed by atoms with van der Waals surface area (Å²) in [4.78, 5) is 28.3. The Kier molecular flexibility index (Phi) is 5.82. The number of fused-ring (bicyclic) bond motifs is 1. The van der Waals surface area contributed by atoms with Gasteiger partial charge in [0.25, 0.3) is 0 Å². The fraction of sp³-hybridized carbons (Fsp3) is 0.556. The molecule has 0 aliphatic carbocycles. The lowest BCUT2D eigenvalue weighted by molar-refractivity contribution is -0.138. The topological polar surface area (TPSA) is 83.4 Å². The predicted molar refractivity (Wildman–Crippen MR) is 98.4 cm³/mol. The van der Waals surface area contributed by atoms with E-state index in [1.54, 1.807) is 9.58 Å². The summed E-state index contributed by atoms with van der Waals surface area (Å²) in [6, 6.07) is 7.75. The van der Waals surface area contributed by atoms with Crippen LogP contribution < -0.4 is 5.32 Å². The minimum absolute atomic E-state index is 0.0109. The molecule has 1 unspecified atom stereocenters. The van der Waals surface area contributed by atoms with Gasteiger partial charge in [0.2, 0.25) is 11.8 Å². The van der Waals surface area contributed by atoms with Gasteiger partial charge >= 0.3 is 0 Å². The Hall–Kier alpha value is -2.48. The molecule has 26 heavy (non-hydrogen) atoms. The molecule has 1 aromatic carbocycles. The number of hydrogen-bond acceptors (Lipinski definition) is 5. The minimum atomic E-state index is -0.137. The Morgan fingerprint density at radius 1 is 1.31 bits per heavy atom. The molecule has 0 radical (unpaired) electrons. The van der Waals surface area contributed by atoms with Crippen LogP contribution in [0.3, 0.4) is 0 Å². The summed E-state index contributed by atoms with van der Waals surface area (Å²) in [7, 11) is 3.96. The van der Waals surface area contributed by atoms with Crippen LogP contribution in [-0.2, 0) is 16.1 Å². The van der Waals surface area contributed by atoms with E-state index >= 15 is 0 Å². The molecule has 3 rings (SSSR count). The largest absolute Gasteiger partial charge is 0.354 e. The van der Waals surface area contributed by atoms with Gasteiger partial charge in [-0.1, -0.05) is 17.3 Å². The highest BCUT2D eigenvalue weighted by Gasteiger charge is 2.29. The lowest BCUT2D eigenvalue weighted by atomic mass is 9.96. The number of nitrogens with zero attached hydrogens (tertiary/aromatic N) is 5. The summed E-state index contributed by atoms with van der Waals surface area (Å²) >= 11 is 0. The highest BCUT2D eigenvalue weighted by Crippen LogP contribution is 2.17. The van der Waals surface area contributed by atoms with Gasteiger partial charge in [0.05, 0.1) is 18.0 Å². The number of benzene rings is 1. The van der Waals surface area contributed by atoms with Crippen molar-refractivity contribution >= 4 is 22.8 Å². The van der Waals surface area contributed by atoms with Crippen LogP contribution in [0.5, 0.6) is 0 Å². The second kappa shape index (κ2) is 8.27. The number of piperidine rings is 1. The van der Waals surface area contributed by atoms with Gasteiger partial charge in [-0.2, -0.15) is 0 Å². The molecule has 0 saturated carbocycles. The third kappa shape index (κ3) is 4.37. The second-order valence-corrected chi connectivity index (χ2v) is 6.97. The van der Waals surface area contributed by atoms with Gasteiger partial charge in [-0.25, -0.2) is 4.68 Å². The van der Waals surface area contributed by atoms with Crippen molar-refractivity contribution in [1.29, 1.82) is 0 Å². The van der Waals surface area contributed by atoms with Crippen molar-refractivity contribution in [1.82, 2.24) is 30.1 Å². The highest BCUT2D eigenvalue weighted by atomic mass is 16.2. The summed E-state index contributed by atoms with van der Waals surface area (Å²) in [5.41, 5.74) is 1.81. The summed E-state index contributed by atoms with van der Waals surface area (Å²) < 4.78 is 1.80. The molecule has 1 N–H and O–H groups in total. The van der Waals surface area contributed by atoms with Crippen LogP contribution in [0.4, 0.5) is 0 Å². The summed E-state index contributed by atoms with van der Waals surface area (Å²) in [5.74, 6) is 0.0177. The molecule has 2 amide bonds. The van der Waals surface area contributed by atoms with Crippen molar-refractivity contribution in [2.75, 3.05) is 40.3 Å². The number of nitrogens with one attached hydrogen (secondary N) is 1. The number of rotatable bonds is 7. The van der Waals surface area contributed by atoms with Gasteiger partial charge in [-0.3, -0.25) is 9.59 Å². The van der Waals surface area contributed by atoms with Gasteiger partial charge in [0.15, 0.2) is 0 Å². The van der Waals surface area contributed by atoms with Crippen LogP contribution >= 0.6 is 0 Å². The van der Waals surface area contributed by atoms with Gasteiger partial charge < -0.3 is 15.1 Å². The maximum absolute atomic E-state index is 12.5. The number of likely N-dealkylation sites (tertiary alicyclic amines) is 1. The summed E-state index contributed by atoms with van der Waals surface area (Å²) in [6.07, 6.45) is 1.06. The zero-order valence-corrected chi connectivity index (χ0v) is 15.4. The summed E-state index contributed by atoms with van der Waals surface area (Å²) in [5, 5.41) is 11.2. The van der Waals surface area contributed by atoms with E-state index in [4.69, 9.17) is 0 Å². The molecular formula is C18H26N6O2. The first-order valence-corrected chi connectivity index (χ1v) is 9.03. The zero-order valence-electron chi connectivity index (χ0n) is 15.4. The first-order chi connectivity index (χ1) is 12.5. The summed E-state index contributed by atoms with van der Waals surface area (Å²) in [6.45, 7) is 3.04. The third-order valence-electron chi connectivity index (χ3n) is 4.73. The number of carbonyl (C=O) groups excluding carboxylic acids is 2. The van der Waals surface area contributed by atoms with Gasteiger partial charge in [0.1, 0.15) is 5.52 Å².